The lowest BCUT2D eigenvalue weighted by atomic mass is 10.2. The zero-order valence-corrected chi connectivity index (χ0v) is 6.99. The van der Waals surface area contributed by atoms with Crippen molar-refractivity contribution in [2.24, 2.45) is 0 Å². The van der Waals surface area contributed by atoms with Crippen LogP contribution in [-0.2, 0) is 0 Å². The Bertz CT molecular complexity index is 425. The minimum atomic E-state index is -0.312. The quantitative estimate of drug-likeness (QED) is 0.671. The third-order valence-corrected chi connectivity index (χ3v) is 1.60. The number of rotatable bonds is 1. The Morgan fingerprint density at radius 1 is 1.31 bits per heavy atom. The summed E-state index contributed by atoms with van der Waals surface area (Å²) in [5, 5.41) is 7.43. The summed E-state index contributed by atoms with van der Waals surface area (Å²) in [5.74, 6) is 0.504. The van der Waals surface area contributed by atoms with Crippen LogP contribution in [0.1, 0.15) is 5.89 Å². The predicted octanol–water partition coefficient (Wildman–Crippen LogP) is 2.18. The Morgan fingerprint density at radius 2 is 2.15 bits per heavy atom. The lowest BCUT2D eigenvalue weighted by Gasteiger charge is -1.92. The summed E-state index contributed by atoms with van der Waals surface area (Å²) in [6.45, 7) is 1.69. The minimum absolute atomic E-state index is 0.312. The molecule has 13 heavy (non-hydrogen) atoms. The molecule has 0 radical (unpaired) electrons. The van der Waals surface area contributed by atoms with Crippen molar-refractivity contribution >= 4 is 0 Å². The summed E-state index contributed by atoms with van der Waals surface area (Å²) < 4.78 is 17.9. The van der Waals surface area contributed by atoms with Crippen molar-refractivity contribution < 1.29 is 8.81 Å². The van der Waals surface area contributed by atoms with E-state index in [1.807, 2.05) is 0 Å². The lowest BCUT2D eigenvalue weighted by Crippen LogP contribution is -1.79. The number of halogens is 1. The van der Waals surface area contributed by atoms with E-state index >= 15 is 0 Å². The molecule has 0 amide bonds. The number of nitrogens with zero attached hydrogens (tertiary/aromatic N) is 2. The zero-order valence-electron chi connectivity index (χ0n) is 6.99. The molecule has 0 spiro atoms. The smallest absolute Gasteiger partial charge is 0.247 e. The Kier molecular flexibility index (Phi) is 1.81. The minimum Gasteiger partial charge on any atom is -0.421 e. The number of aryl methyl sites for hydroxylation is 1. The molecule has 1 aromatic carbocycles. The van der Waals surface area contributed by atoms with Gasteiger partial charge in [-0.3, -0.25) is 0 Å². The second kappa shape index (κ2) is 2.97. The monoisotopic (exact) mass is 178 g/mol. The normalized spacial score (nSPS) is 10.3. The van der Waals surface area contributed by atoms with Crippen LogP contribution in [0.5, 0.6) is 0 Å². The van der Waals surface area contributed by atoms with Gasteiger partial charge in [-0.1, -0.05) is 6.07 Å². The first-order chi connectivity index (χ1) is 6.25. The average molecular weight is 178 g/mol. The van der Waals surface area contributed by atoms with Gasteiger partial charge in [0.2, 0.25) is 11.8 Å². The zero-order chi connectivity index (χ0) is 9.26. The first kappa shape index (κ1) is 7.91. The molecule has 0 fully saturated rings. The Morgan fingerprint density at radius 3 is 2.77 bits per heavy atom. The van der Waals surface area contributed by atoms with Gasteiger partial charge in [0.05, 0.1) is 0 Å². The summed E-state index contributed by atoms with van der Waals surface area (Å²) in [5.41, 5.74) is 0.598. The fourth-order valence-electron chi connectivity index (χ4n) is 1.03. The van der Waals surface area contributed by atoms with E-state index in [1.165, 1.54) is 12.1 Å². The highest BCUT2D eigenvalue weighted by Crippen LogP contribution is 2.17. The molecule has 0 aliphatic heterocycles. The van der Waals surface area contributed by atoms with Gasteiger partial charge in [-0.05, 0) is 18.2 Å². The highest BCUT2D eigenvalue weighted by Gasteiger charge is 2.05. The van der Waals surface area contributed by atoms with E-state index in [9.17, 15) is 4.39 Å². The molecule has 2 aromatic rings. The molecule has 0 saturated heterocycles. The third-order valence-electron chi connectivity index (χ3n) is 1.60. The maximum absolute atomic E-state index is 12.8. The molecular formula is C9H7FN2O. The van der Waals surface area contributed by atoms with E-state index < -0.39 is 0 Å². The fourth-order valence-corrected chi connectivity index (χ4v) is 1.03. The molecule has 0 aliphatic rings. The number of hydrogen-bond donors (Lipinski definition) is 0. The second-order valence-corrected chi connectivity index (χ2v) is 2.64. The Hall–Kier alpha value is -1.71. The molecule has 0 saturated carbocycles. The van der Waals surface area contributed by atoms with Crippen molar-refractivity contribution in [3.05, 3.63) is 36.0 Å². The highest BCUT2D eigenvalue weighted by atomic mass is 19.1. The third kappa shape index (κ3) is 1.56. The van der Waals surface area contributed by atoms with Gasteiger partial charge < -0.3 is 4.42 Å². The van der Waals surface area contributed by atoms with Crippen LogP contribution in [0, 0.1) is 12.7 Å². The Balaban J connectivity index is 2.46. The van der Waals surface area contributed by atoms with Crippen LogP contribution in [0.15, 0.2) is 28.7 Å². The van der Waals surface area contributed by atoms with Crippen LogP contribution in [0.25, 0.3) is 11.5 Å². The molecule has 4 heteroatoms. The van der Waals surface area contributed by atoms with E-state index in [1.54, 1.807) is 19.1 Å². The second-order valence-electron chi connectivity index (χ2n) is 2.64. The van der Waals surface area contributed by atoms with Crippen molar-refractivity contribution in [3.63, 3.8) is 0 Å². The fraction of sp³-hybridized carbons (Fsp3) is 0.111. The summed E-state index contributed by atoms with van der Waals surface area (Å²) >= 11 is 0. The van der Waals surface area contributed by atoms with Crippen LogP contribution in [0.2, 0.25) is 0 Å². The van der Waals surface area contributed by atoms with Crippen LogP contribution < -0.4 is 0 Å². The van der Waals surface area contributed by atoms with Crippen LogP contribution in [0.4, 0.5) is 4.39 Å². The molecule has 1 heterocycles. The van der Waals surface area contributed by atoms with Gasteiger partial charge in [0.25, 0.3) is 0 Å². The number of aromatic nitrogens is 2. The predicted molar refractivity (Wildman–Crippen MR) is 44.4 cm³/mol. The molecule has 0 N–H and O–H groups in total. The molecule has 0 atom stereocenters. The molecule has 66 valence electrons. The summed E-state index contributed by atoms with van der Waals surface area (Å²) in [4.78, 5) is 0. The van der Waals surface area contributed by atoms with Gasteiger partial charge >= 0.3 is 0 Å². The van der Waals surface area contributed by atoms with Gasteiger partial charge in [0, 0.05) is 12.5 Å². The lowest BCUT2D eigenvalue weighted by molar-refractivity contribution is 0.532. The van der Waals surface area contributed by atoms with Gasteiger partial charge in [0.15, 0.2) is 0 Å². The summed E-state index contributed by atoms with van der Waals surface area (Å²) in [6, 6.07) is 6.04. The standard InChI is InChI=1S/C9H7FN2O/c1-6-11-12-9(13-6)7-3-2-4-8(10)5-7/h2-5H,1H3. The van der Waals surface area contributed by atoms with E-state index in [-0.39, 0.29) is 5.82 Å². The maximum Gasteiger partial charge on any atom is 0.247 e. The van der Waals surface area contributed by atoms with Crippen LogP contribution in [0.3, 0.4) is 0 Å². The molecular weight excluding hydrogens is 171 g/mol. The largest absolute Gasteiger partial charge is 0.421 e. The molecule has 0 bridgehead atoms. The first-order valence-electron chi connectivity index (χ1n) is 3.82. The highest BCUT2D eigenvalue weighted by molar-refractivity contribution is 5.52. The molecule has 2 rings (SSSR count). The SMILES string of the molecule is Cc1nnc(-c2cccc(F)c2)o1. The molecule has 1 aromatic heterocycles. The van der Waals surface area contributed by atoms with Crippen molar-refractivity contribution in [1.82, 2.24) is 10.2 Å². The van der Waals surface area contributed by atoms with Gasteiger partial charge in [-0.2, -0.15) is 0 Å². The summed E-state index contributed by atoms with van der Waals surface area (Å²) in [6.07, 6.45) is 0. The van der Waals surface area contributed by atoms with Crippen molar-refractivity contribution in [1.29, 1.82) is 0 Å². The van der Waals surface area contributed by atoms with E-state index in [4.69, 9.17) is 4.42 Å². The first-order valence-corrected chi connectivity index (χ1v) is 3.82. The van der Waals surface area contributed by atoms with Crippen LogP contribution in [-0.4, -0.2) is 10.2 Å². The van der Waals surface area contributed by atoms with Crippen LogP contribution >= 0.6 is 0 Å². The van der Waals surface area contributed by atoms with Gasteiger partial charge in [-0.15, -0.1) is 10.2 Å². The summed E-state index contributed by atoms with van der Waals surface area (Å²) in [7, 11) is 0. The van der Waals surface area contributed by atoms with Gasteiger partial charge in [0.1, 0.15) is 5.82 Å². The number of benzene rings is 1. The van der Waals surface area contributed by atoms with E-state index in [2.05, 4.69) is 10.2 Å². The number of hydrogen-bond acceptors (Lipinski definition) is 3. The molecule has 0 aliphatic carbocycles. The van der Waals surface area contributed by atoms with Crippen molar-refractivity contribution in [3.8, 4) is 11.5 Å². The van der Waals surface area contributed by atoms with E-state index in [0.29, 0.717) is 17.3 Å². The molecule has 0 unspecified atom stereocenters. The topological polar surface area (TPSA) is 38.9 Å². The van der Waals surface area contributed by atoms with Gasteiger partial charge in [-0.25, -0.2) is 4.39 Å². The van der Waals surface area contributed by atoms with Crippen molar-refractivity contribution in [2.45, 2.75) is 6.92 Å². The molecule has 3 nitrogen and oxygen atoms in total. The average Bonchev–Trinajstić information content (AvgIpc) is 2.52. The van der Waals surface area contributed by atoms with E-state index in [0.717, 1.165) is 0 Å². The van der Waals surface area contributed by atoms with Crippen molar-refractivity contribution in [2.75, 3.05) is 0 Å². The Labute approximate surface area is 74.2 Å². The maximum atomic E-state index is 12.8.